The zero-order chi connectivity index (χ0) is 16.9. The zero-order valence-corrected chi connectivity index (χ0v) is 14.6. The molecule has 4 aliphatic carbocycles. The molecule has 24 heavy (non-hydrogen) atoms. The maximum atomic E-state index is 11.8. The lowest BCUT2D eigenvalue weighted by atomic mass is 9.48. The van der Waals surface area contributed by atoms with Crippen molar-refractivity contribution in [1.82, 2.24) is 5.32 Å². The first-order valence-corrected chi connectivity index (χ1v) is 9.63. The van der Waals surface area contributed by atoms with Crippen LogP contribution in [0.2, 0.25) is 0 Å². The van der Waals surface area contributed by atoms with Gasteiger partial charge in [-0.05, 0) is 63.2 Å². The van der Waals surface area contributed by atoms with Gasteiger partial charge in [0.05, 0.1) is 6.42 Å². The molecule has 130 valence electrons. The predicted molar refractivity (Wildman–Crippen MR) is 92.9 cm³/mol. The molecule has 5 rings (SSSR count). The Balaban J connectivity index is 1.48. The molecule has 0 radical (unpaired) electrons. The Morgan fingerprint density at radius 2 is 1.83 bits per heavy atom. The van der Waals surface area contributed by atoms with Crippen molar-refractivity contribution >= 4 is 34.5 Å². The largest absolute Gasteiger partial charge is 0.481 e. The van der Waals surface area contributed by atoms with E-state index in [2.05, 4.69) is 22.4 Å². The first-order valence-electron chi connectivity index (χ1n) is 8.75. The minimum atomic E-state index is -0.975. The molecule has 0 aromatic heterocycles. The van der Waals surface area contributed by atoms with E-state index in [1.165, 1.54) is 50.3 Å². The van der Waals surface area contributed by atoms with Gasteiger partial charge in [-0.3, -0.25) is 9.59 Å². The molecule has 4 saturated carbocycles. The van der Waals surface area contributed by atoms with Crippen molar-refractivity contribution in [2.45, 2.75) is 57.1 Å². The van der Waals surface area contributed by atoms with Gasteiger partial charge < -0.3 is 10.4 Å². The van der Waals surface area contributed by atoms with Crippen molar-refractivity contribution < 1.29 is 14.7 Å². The maximum Gasteiger partial charge on any atom is 0.305 e. The number of nitrogens with one attached hydrogen (secondary N) is 1. The number of hydrogen-bond donors (Lipinski definition) is 2. The van der Waals surface area contributed by atoms with Crippen molar-refractivity contribution in [2.75, 3.05) is 0 Å². The van der Waals surface area contributed by atoms with Gasteiger partial charge in [0.15, 0.2) is 5.17 Å². The van der Waals surface area contributed by atoms with Crippen LogP contribution in [0.3, 0.4) is 0 Å². The molecule has 6 nitrogen and oxygen atoms in total. The Morgan fingerprint density at radius 1 is 1.25 bits per heavy atom. The standard InChI is InChI=1S/C17H23N3O3S/c1-9(17-6-10-2-11(7-17)4-12(3-10)8-17)19-20-16-18-15(23)13(24-16)5-14(21)22/h10-13H,2-8H2,1H3,(H,21,22)(H,18,20,23)/b19-9-/t10?,11?,12?,13-,17?/m0/s1. The van der Waals surface area contributed by atoms with E-state index in [9.17, 15) is 9.59 Å². The summed E-state index contributed by atoms with van der Waals surface area (Å²) >= 11 is 1.17. The van der Waals surface area contributed by atoms with Gasteiger partial charge in [-0.15, -0.1) is 5.10 Å². The van der Waals surface area contributed by atoms with Gasteiger partial charge in [-0.2, -0.15) is 5.10 Å². The van der Waals surface area contributed by atoms with Crippen LogP contribution in [0.25, 0.3) is 0 Å². The lowest BCUT2D eigenvalue weighted by molar-refractivity contribution is -0.138. The van der Waals surface area contributed by atoms with Gasteiger partial charge in [0, 0.05) is 11.1 Å². The average Bonchev–Trinajstić information content (AvgIpc) is 2.83. The molecule has 1 atom stereocenters. The third kappa shape index (κ3) is 2.87. The van der Waals surface area contributed by atoms with Crippen LogP contribution in [-0.4, -0.2) is 33.1 Å². The number of rotatable bonds is 4. The summed E-state index contributed by atoms with van der Waals surface area (Å²) in [7, 11) is 0. The summed E-state index contributed by atoms with van der Waals surface area (Å²) in [5, 5.41) is 20.0. The normalized spacial score (nSPS) is 42.6. The fraction of sp³-hybridized carbons (Fsp3) is 0.765. The Bertz CT molecular complexity index is 608. The summed E-state index contributed by atoms with van der Waals surface area (Å²) in [4.78, 5) is 22.5. The van der Waals surface area contributed by atoms with Crippen LogP contribution in [-0.2, 0) is 9.59 Å². The van der Waals surface area contributed by atoms with Crippen LogP contribution in [0.1, 0.15) is 51.9 Å². The molecule has 5 aliphatic rings. The maximum absolute atomic E-state index is 11.8. The van der Waals surface area contributed by atoms with Crippen LogP contribution < -0.4 is 5.32 Å². The number of carbonyl (C=O) groups is 2. The Morgan fingerprint density at radius 3 is 2.38 bits per heavy atom. The van der Waals surface area contributed by atoms with Crippen LogP contribution in [0.15, 0.2) is 10.2 Å². The number of amides is 1. The van der Waals surface area contributed by atoms with E-state index in [0.29, 0.717) is 5.17 Å². The second-order valence-electron chi connectivity index (χ2n) is 7.98. The van der Waals surface area contributed by atoms with Crippen LogP contribution >= 0.6 is 11.8 Å². The van der Waals surface area contributed by atoms with Crippen molar-refractivity contribution in [2.24, 2.45) is 33.4 Å². The van der Waals surface area contributed by atoms with E-state index < -0.39 is 11.2 Å². The van der Waals surface area contributed by atoms with Crippen molar-refractivity contribution in [3.63, 3.8) is 0 Å². The quantitative estimate of drug-likeness (QED) is 0.603. The molecule has 0 unspecified atom stereocenters. The van der Waals surface area contributed by atoms with E-state index in [4.69, 9.17) is 5.11 Å². The van der Waals surface area contributed by atoms with E-state index in [1.54, 1.807) is 0 Å². The minimum absolute atomic E-state index is 0.187. The first kappa shape index (κ1) is 16.1. The molecule has 1 aliphatic heterocycles. The summed E-state index contributed by atoms with van der Waals surface area (Å²) in [6.07, 6.45) is 7.70. The Hall–Kier alpha value is -1.37. The van der Waals surface area contributed by atoms with Crippen LogP contribution in [0, 0.1) is 23.2 Å². The molecule has 4 bridgehead atoms. The average molecular weight is 349 g/mol. The molecule has 0 aromatic rings. The van der Waals surface area contributed by atoms with E-state index in [0.717, 1.165) is 23.5 Å². The van der Waals surface area contributed by atoms with Gasteiger partial charge in [-0.1, -0.05) is 11.8 Å². The SMILES string of the molecule is C/C(=N/N=C1/NC(=O)[C@H](CC(=O)O)S1)C12CC3CC(CC(C3)C1)C2. The highest BCUT2D eigenvalue weighted by Gasteiger charge is 2.52. The second kappa shape index (κ2) is 5.86. The third-order valence-electron chi connectivity index (χ3n) is 6.23. The molecular formula is C17H23N3O3S. The monoisotopic (exact) mass is 349 g/mol. The topological polar surface area (TPSA) is 91.1 Å². The third-order valence-corrected chi connectivity index (χ3v) is 7.31. The lowest BCUT2D eigenvalue weighted by Gasteiger charge is -2.56. The zero-order valence-electron chi connectivity index (χ0n) is 13.8. The molecule has 0 spiro atoms. The van der Waals surface area contributed by atoms with Gasteiger partial charge in [0.1, 0.15) is 5.25 Å². The molecule has 1 saturated heterocycles. The number of carboxylic acid groups (broad SMARTS) is 1. The molecule has 7 heteroatoms. The Kier molecular flexibility index (Phi) is 3.94. The smallest absolute Gasteiger partial charge is 0.305 e. The highest BCUT2D eigenvalue weighted by Crippen LogP contribution is 2.60. The summed E-state index contributed by atoms with van der Waals surface area (Å²) in [5.74, 6) is 1.31. The van der Waals surface area contributed by atoms with E-state index in [-0.39, 0.29) is 17.7 Å². The fourth-order valence-corrected chi connectivity index (χ4v) is 6.43. The van der Waals surface area contributed by atoms with Crippen molar-refractivity contribution in [3.8, 4) is 0 Å². The van der Waals surface area contributed by atoms with Gasteiger partial charge in [0.2, 0.25) is 5.91 Å². The number of aliphatic carboxylic acids is 1. The first-order chi connectivity index (χ1) is 11.4. The fourth-order valence-electron chi connectivity index (χ4n) is 5.53. The molecule has 2 N–H and O–H groups in total. The minimum Gasteiger partial charge on any atom is -0.481 e. The highest BCUT2D eigenvalue weighted by molar-refractivity contribution is 8.15. The second-order valence-corrected chi connectivity index (χ2v) is 9.17. The summed E-state index contributed by atoms with van der Waals surface area (Å²) in [6.45, 7) is 2.08. The van der Waals surface area contributed by atoms with Crippen molar-refractivity contribution in [3.05, 3.63) is 0 Å². The van der Waals surface area contributed by atoms with Gasteiger partial charge in [0.25, 0.3) is 0 Å². The summed E-state index contributed by atoms with van der Waals surface area (Å²) in [5.41, 5.74) is 1.30. The summed E-state index contributed by atoms with van der Waals surface area (Å²) in [6, 6.07) is 0. The number of carbonyl (C=O) groups excluding carboxylic acids is 1. The number of amidine groups is 1. The van der Waals surface area contributed by atoms with Gasteiger partial charge in [-0.25, -0.2) is 0 Å². The van der Waals surface area contributed by atoms with Gasteiger partial charge >= 0.3 is 5.97 Å². The lowest BCUT2D eigenvalue weighted by Crippen LogP contribution is -2.49. The van der Waals surface area contributed by atoms with Crippen molar-refractivity contribution in [1.29, 1.82) is 0 Å². The van der Waals surface area contributed by atoms with Crippen LogP contribution in [0.5, 0.6) is 0 Å². The molecule has 1 heterocycles. The molecule has 0 aromatic carbocycles. The van der Waals surface area contributed by atoms with E-state index >= 15 is 0 Å². The molecule has 1 amide bonds. The highest BCUT2D eigenvalue weighted by atomic mass is 32.2. The number of hydrogen-bond acceptors (Lipinski definition) is 5. The summed E-state index contributed by atoms with van der Waals surface area (Å²) < 4.78 is 0. The van der Waals surface area contributed by atoms with Crippen LogP contribution in [0.4, 0.5) is 0 Å². The predicted octanol–water partition coefficient (Wildman–Crippen LogP) is 2.64. The number of carboxylic acids is 1. The number of nitrogens with zero attached hydrogens (tertiary/aromatic N) is 2. The molecular weight excluding hydrogens is 326 g/mol. The Labute approximate surface area is 145 Å². The van der Waals surface area contributed by atoms with E-state index in [1.807, 2.05) is 0 Å². The number of thioether (sulfide) groups is 1. The molecule has 5 fully saturated rings.